The summed E-state index contributed by atoms with van der Waals surface area (Å²) in [6.07, 6.45) is 3.53. The molecule has 2 aliphatic heterocycles. The Morgan fingerprint density at radius 3 is 2.74 bits per heavy atom. The summed E-state index contributed by atoms with van der Waals surface area (Å²) in [5.41, 5.74) is 5.39. The molecule has 1 aromatic carbocycles. The van der Waals surface area contributed by atoms with Gasteiger partial charge in [-0.25, -0.2) is 0 Å². The van der Waals surface area contributed by atoms with Crippen LogP contribution in [0, 0.1) is 13.8 Å². The molecule has 4 aromatic rings. The van der Waals surface area contributed by atoms with Gasteiger partial charge in [0.25, 0.3) is 0 Å². The van der Waals surface area contributed by atoms with Crippen molar-refractivity contribution in [3.8, 4) is 11.5 Å². The summed E-state index contributed by atoms with van der Waals surface area (Å²) in [4.78, 5) is 6.82. The molecule has 6 rings (SSSR count). The molecular formula is C26H24N4O3S. The van der Waals surface area contributed by atoms with Crippen LogP contribution in [0.1, 0.15) is 40.5 Å². The van der Waals surface area contributed by atoms with E-state index in [1.807, 2.05) is 54.7 Å². The van der Waals surface area contributed by atoms with E-state index < -0.39 is 0 Å². The molecule has 34 heavy (non-hydrogen) atoms. The fraction of sp³-hybridized carbons (Fsp3) is 0.231. The van der Waals surface area contributed by atoms with Gasteiger partial charge in [0.1, 0.15) is 5.76 Å². The van der Waals surface area contributed by atoms with Crippen LogP contribution < -0.4 is 19.7 Å². The predicted molar refractivity (Wildman–Crippen MR) is 132 cm³/mol. The number of furan rings is 1. The zero-order valence-electron chi connectivity index (χ0n) is 18.9. The lowest BCUT2D eigenvalue weighted by Gasteiger charge is -2.28. The Hall–Kier alpha value is -3.78. The van der Waals surface area contributed by atoms with Crippen molar-refractivity contribution in [2.75, 3.05) is 11.7 Å². The molecule has 0 unspecified atom stereocenters. The average molecular weight is 473 g/mol. The SMILES string of the molecule is Cc1cc([C@H]2[C@@H](c3ccccn3)NC(=S)N2c2ccc3c(c2)OCO3)c(C)n1Cc1ccco1. The Balaban J connectivity index is 1.47. The molecular weight excluding hydrogens is 448 g/mol. The summed E-state index contributed by atoms with van der Waals surface area (Å²) in [5, 5.41) is 4.18. The van der Waals surface area contributed by atoms with Crippen molar-refractivity contribution < 1.29 is 13.9 Å². The minimum Gasteiger partial charge on any atom is -0.467 e. The van der Waals surface area contributed by atoms with Gasteiger partial charge in [0, 0.05) is 29.3 Å². The molecule has 2 aliphatic rings. The number of fused-ring (bicyclic) bond motifs is 1. The van der Waals surface area contributed by atoms with E-state index in [0.717, 1.165) is 40.0 Å². The van der Waals surface area contributed by atoms with Crippen LogP contribution in [0.4, 0.5) is 5.69 Å². The second kappa shape index (κ2) is 8.22. The number of aromatic nitrogens is 2. The molecule has 5 heterocycles. The third-order valence-electron chi connectivity index (χ3n) is 6.56. The van der Waals surface area contributed by atoms with Gasteiger partial charge in [0.05, 0.1) is 30.6 Å². The lowest BCUT2D eigenvalue weighted by Crippen LogP contribution is -2.29. The van der Waals surface area contributed by atoms with Crippen molar-refractivity contribution in [3.05, 3.63) is 95.5 Å². The molecule has 0 aliphatic carbocycles. The second-order valence-electron chi connectivity index (χ2n) is 8.53. The molecule has 0 spiro atoms. The smallest absolute Gasteiger partial charge is 0.231 e. The van der Waals surface area contributed by atoms with Gasteiger partial charge in [-0.05, 0) is 74.1 Å². The number of pyridine rings is 1. The largest absolute Gasteiger partial charge is 0.467 e. The molecule has 1 fully saturated rings. The fourth-order valence-corrected chi connectivity index (χ4v) is 5.26. The van der Waals surface area contributed by atoms with E-state index in [1.165, 1.54) is 5.56 Å². The topological polar surface area (TPSA) is 64.7 Å². The summed E-state index contributed by atoms with van der Waals surface area (Å²) >= 11 is 5.87. The molecule has 7 nitrogen and oxygen atoms in total. The number of hydrogen-bond donors (Lipinski definition) is 1. The highest BCUT2D eigenvalue weighted by atomic mass is 32.1. The van der Waals surface area contributed by atoms with Crippen LogP contribution in [0.5, 0.6) is 11.5 Å². The van der Waals surface area contributed by atoms with Crippen LogP contribution in [0.25, 0.3) is 0 Å². The quantitative estimate of drug-likeness (QED) is 0.408. The standard InChI is InChI=1S/C26H24N4O3S/c1-16-12-20(17(2)29(16)14-19-6-5-11-31-19)25-24(21-7-3-4-10-27-21)28-26(34)30(25)18-8-9-22-23(13-18)33-15-32-22/h3-13,24-25H,14-15H2,1-2H3,(H,28,34)/t24-,25+/m1/s1. The van der Waals surface area contributed by atoms with Crippen molar-refractivity contribution in [2.24, 2.45) is 0 Å². The number of nitrogens with zero attached hydrogens (tertiary/aromatic N) is 3. The number of benzene rings is 1. The van der Waals surface area contributed by atoms with Crippen LogP contribution >= 0.6 is 12.2 Å². The monoisotopic (exact) mass is 472 g/mol. The number of anilines is 1. The fourth-order valence-electron chi connectivity index (χ4n) is 4.91. The van der Waals surface area contributed by atoms with Crippen molar-refractivity contribution in [2.45, 2.75) is 32.5 Å². The highest BCUT2D eigenvalue weighted by Gasteiger charge is 2.42. The van der Waals surface area contributed by atoms with Crippen LogP contribution in [0.2, 0.25) is 0 Å². The summed E-state index contributed by atoms with van der Waals surface area (Å²) < 4.78 is 19.1. The van der Waals surface area contributed by atoms with Gasteiger partial charge in [0.15, 0.2) is 16.6 Å². The molecule has 0 bridgehead atoms. The Morgan fingerprint density at radius 1 is 1.06 bits per heavy atom. The lowest BCUT2D eigenvalue weighted by atomic mass is 9.96. The van der Waals surface area contributed by atoms with E-state index in [2.05, 4.69) is 39.7 Å². The minimum absolute atomic E-state index is 0.0978. The number of ether oxygens (including phenoxy) is 2. The maximum absolute atomic E-state index is 5.87. The Kier molecular flexibility index (Phi) is 5.03. The minimum atomic E-state index is -0.114. The maximum Gasteiger partial charge on any atom is 0.231 e. The molecule has 1 N–H and O–H groups in total. The third-order valence-corrected chi connectivity index (χ3v) is 6.87. The first-order chi connectivity index (χ1) is 16.6. The van der Waals surface area contributed by atoms with Crippen molar-refractivity contribution in [3.63, 3.8) is 0 Å². The van der Waals surface area contributed by atoms with Crippen molar-refractivity contribution >= 4 is 23.0 Å². The molecule has 1 saturated heterocycles. The van der Waals surface area contributed by atoms with Gasteiger partial charge in [0.2, 0.25) is 6.79 Å². The number of nitrogens with one attached hydrogen (secondary N) is 1. The molecule has 3 aromatic heterocycles. The van der Waals surface area contributed by atoms with Crippen molar-refractivity contribution in [1.82, 2.24) is 14.9 Å². The van der Waals surface area contributed by atoms with Crippen LogP contribution in [-0.2, 0) is 6.54 Å². The van der Waals surface area contributed by atoms with Gasteiger partial charge in [-0.15, -0.1) is 0 Å². The highest BCUT2D eigenvalue weighted by Crippen LogP contribution is 2.45. The van der Waals surface area contributed by atoms with E-state index in [4.69, 9.17) is 26.1 Å². The van der Waals surface area contributed by atoms with Gasteiger partial charge in [-0.1, -0.05) is 6.07 Å². The van der Waals surface area contributed by atoms with E-state index >= 15 is 0 Å². The Bertz CT molecular complexity index is 1350. The first kappa shape index (κ1) is 20.8. The zero-order valence-corrected chi connectivity index (χ0v) is 19.7. The van der Waals surface area contributed by atoms with Gasteiger partial charge >= 0.3 is 0 Å². The Labute approximate surface area is 202 Å². The Morgan fingerprint density at radius 2 is 1.94 bits per heavy atom. The number of hydrogen-bond acceptors (Lipinski definition) is 5. The van der Waals surface area contributed by atoms with Gasteiger partial charge in [-0.3, -0.25) is 4.98 Å². The number of thiocarbonyl (C=S) groups is 1. The first-order valence-corrected chi connectivity index (χ1v) is 11.6. The molecule has 0 saturated carbocycles. The molecule has 8 heteroatoms. The summed E-state index contributed by atoms with van der Waals surface area (Å²) in [7, 11) is 0. The molecule has 2 atom stereocenters. The maximum atomic E-state index is 5.87. The average Bonchev–Trinajstić information content (AvgIpc) is 3.63. The summed E-state index contributed by atoms with van der Waals surface area (Å²) in [6.45, 7) is 5.18. The van der Waals surface area contributed by atoms with E-state index in [-0.39, 0.29) is 18.9 Å². The number of rotatable bonds is 5. The second-order valence-corrected chi connectivity index (χ2v) is 8.91. The first-order valence-electron chi connectivity index (χ1n) is 11.2. The van der Waals surface area contributed by atoms with Gasteiger partial charge < -0.3 is 28.7 Å². The summed E-state index contributed by atoms with van der Waals surface area (Å²) in [6, 6.07) is 17.9. The third kappa shape index (κ3) is 3.42. The van der Waals surface area contributed by atoms with Crippen molar-refractivity contribution in [1.29, 1.82) is 0 Å². The summed E-state index contributed by atoms with van der Waals surface area (Å²) in [5.74, 6) is 2.39. The number of aryl methyl sites for hydroxylation is 1. The molecule has 0 amide bonds. The van der Waals surface area contributed by atoms with Crippen LogP contribution in [0.15, 0.2) is 71.5 Å². The van der Waals surface area contributed by atoms with Crippen LogP contribution in [-0.4, -0.2) is 21.5 Å². The normalized spacial score (nSPS) is 19.0. The van der Waals surface area contributed by atoms with E-state index in [0.29, 0.717) is 11.7 Å². The molecule has 0 radical (unpaired) electrons. The van der Waals surface area contributed by atoms with Gasteiger partial charge in [-0.2, -0.15) is 0 Å². The van der Waals surface area contributed by atoms with Crippen LogP contribution in [0.3, 0.4) is 0 Å². The predicted octanol–water partition coefficient (Wildman–Crippen LogP) is 5.05. The lowest BCUT2D eigenvalue weighted by molar-refractivity contribution is 0.174. The molecule has 172 valence electrons. The highest BCUT2D eigenvalue weighted by molar-refractivity contribution is 7.80. The van der Waals surface area contributed by atoms with E-state index in [1.54, 1.807) is 6.26 Å². The van der Waals surface area contributed by atoms with E-state index in [9.17, 15) is 0 Å². The zero-order chi connectivity index (χ0) is 23.2.